The smallest absolute Gasteiger partial charge is 0.225 e. The van der Waals surface area contributed by atoms with E-state index >= 15 is 0 Å². The van der Waals surface area contributed by atoms with Gasteiger partial charge in [-0.05, 0) is 17.7 Å². The first-order chi connectivity index (χ1) is 8.13. The summed E-state index contributed by atoms with van der Waals surface area (Å²) >= 11 is 0. The van der Waals surface area contributed by atoms with Crippen molar-refractivity contribution in [1.82, 2.24) is 9.03 Å². The molecule has 0 fully saturated rings. The largest absolute Gasteiger partial charge is 0.279 e. The molecule has 102 valence electrons. The van der Waals surface area contributed by atoms with E-state index in [1.165, 1.54) is 38.4 Å². The molecule has 0 radical (unpaired) electrons. The third-order valence-electron chi connectivity index (χ3n) is 2.19. The summed E-state index contributed by atoms with van der Waals surface area (Å²) in [5.41, 5.74) is 0.632. The Hall–Kier alpha value is -1.00. The van der Waals surface area contributed by atoms with E-state index in [1.807, 2.05) is 0 Å². The maximum atomic E-state index is 11.4. The predicted molar refractivity (Wildman–Crippen MR) is 67.3 cm³/mol. The van der Waals surface area contributed by atoms with Crippen LogP contribution >= 0.6 is 0 Å². The Labute approximate surface area is 107 Å². The van der Waals surface area contributed by atoms with Gasteiger partial charge >= 0.3 is 0 Å². The number of rotatable bonds is 5. The summed E-state index contributed by atoms with van der Waals surface area (Å²) < 4.78 is 48.3. The fourth-order valence-electron chi connectivity index (χ4n) is 1.10. The van der Waals surface area contributed by atoms with Gasteiger partial charge in [-0.15, -0.1) is 0 Å². The first kappa shape index (κ1) is 15.1. The number of benzene rings is 1. The molecular weight excluding hydrogens is 278 g/mol. The van der Waals surface area contributed by atoms with Gasteiger partial charge in [-0.3, -0.25) is 0 Å². The van der Waals surface area contributed by atoms with Crippen molar-refractivity contribution in [2.24, 2.45) is 5.14 Å². The lowest BCUT2D eigenvalue weighted by molar-refractivity contribution is 0.505. The zero-order chi connectivity index (χ0) is 14.0. The van der Waals surface area contributed by atoms with E-state index in [9.17, 15) is 16.8 Å². The van der Waals surface area contributed by atoms with Crippen molar-refractivity contribution in [1.29, 1.82) is 0 Å². The molecular formula is C9H15N3O4S2. The average Bonchev–Trinajstić information content (AvgIpc) is 2.25. The fourth-order valence-corrected chi connectivity index (χ4v) is 2.22. The fraction of sp³-hybridized carbons (Fsp3) is 0.333. The average molecular weight is 293 g/mol. The first-order valence-electron chi connectivity index (χ1n) is 4.92. The number of nitrogens with zero attached hydrogens (tertiary/aromatic N) is 1. The number of hydrogen-bond acceptors (Lipinski definition) is 4. The molecule has 0 atom stereocenters. The zero-order valence-electron chi connectivity index (χ0n) is 9.99. The Morgan fingerprint density at radius 3 is 2.00 bits per heavy atom. The van der Waals surface area contributed by atoms with Crippen molar-refractivity contribution >= 4 is 20.2 Å². The molecule has 0 unspecified atom stereocenters. The third-order valence-corrected chi connectivity index (χ3v) is 4.59. The topological polar surface area (TPSA) is 110 Å². The highest BCUT2D eigenvalue weighted by molar-refractivity contribution is 7.89. The second-order valence-corrected chi connectivity index (χ2v) is 7.33. The van der Waals surface area contributed by atoms with Crippen LogP contribution in [0.25, 0.3) is 0 Å². The van der Waals surface area contributed by atoms with E-state index < -0.39 is 20.2 Å². The van der Waals surface area contributed by atoms with Gasteiger partial charge in [0.05, 0.1) is 4.90 Å². The van der Waals surface area contributed by atoms with Gasteiger partial charge in [0.15, 0.2) is 0 Å². The third kappa shape index (κ3) is 4.03. The van der Waals surface area contributed by atoms with Gasteiger partial charge in [0, 0.05) is 20.6 Å². The normalized spacial score (nSPS) is 12.9. The van der Waals surface area contributed by atoms with Gasteiger partial charge in [0.1, 0.15) is 0 Å². The lowest BCUT2D eigenvalue weighted by Crippen LogP contribution is -2.35. The van der Waals surface area contributed by atoms with Gasteiger partial charge in [-0.2, -0.15) is 17.4 Å². The second kappa shape index (κ2) is 5.33. The number of nitrogens with one attached hydrogen (secondary N) is 1. The molecule has 1 aromatic rings. The molecule has 0 heterocycles. The molecule has 0 aliphatic heterocycles. The highest BCUT2D eigenvalue weighted by atomic mass is 32.2. The second-order valence-electron chi connectivity index (χ2n) is 3.80. The molecule has 7 nitrogen and oxygen atoms in total. The van der Waals surface area contributed by atoms with Crippen LogP contribution < -0.4 is 9.86 Å². The van der Waals surface area contributed by atoms with Crippen molar-refractivity contribution < 1.29 is 16.8 Å². The summed E-state index contributed by atoms with van der Waals surface area (Å²) in [7, 11) is -4.40. The summed E-state index contributed by atoms with van der Waals surface area (Å²) in [6, 6.07) is 5.65. The molecule has 0 aliphatic carbocycles. The molecule has 0 saturated carbocycles. The summed E-state index contributed by atoms with van der Waals surface area (Å²) in [4.78, 5) is -0.0123. The summed E-state index contributed by atoms with van der Waals surface area (Å²) in [5, 5.41) is 4.94. The minimum Gasteiger partial charge on any atom is -0.225 e. The van der Waals surface area contributed by atoms with Crippen LogP contribution in [0.15, 0.2) is 29.2 Å². The van der Waals surface area contributed by atoms with Gasteiger partial charge in [-0.1, -0.05) is 12.1 Å². The van der Waals surface area contributed by atoms with Crippen molar-refractivity contribution in [3.63, 3.8) is 0 Å². The van der Waals surface area contributed by atoms with E-state index in [0.717, 1.165) is 4.31 Å². The van der Waals surface area contributed by atoms with E-state index in [1.54, 1.807) is 0 Å². The molecule has 9 heteroatoms. The molecule has 0 aromatic heterocycles. The summed E-state index contributed by atoms with van der Waals surface area (Å²) in [6.07, 6.45) is 0. The SMILES string of the molecule is CN(C)S(=O)(=O)NCc1ccc(S(N)(=O)=O)cc1. The van der Waals surface area contributed by atoms with Crippen molar-refractivity contribution in [3.8, 4) is 0 Å². The maximum Gasteiger partial charge on any atom is 0.279 e. The Morgan fingerprint density at radius 2 is 1.61 bits per heavy atom. The number of nitrogens with two attached hydrogens (primary N) is 1. The van der Waals surface area contributed by atoms with Crippen LogP contribution in [0.2, 0.25) is 0 Å². The van der Waals surface area contributed by atoms with Crippen molar-refractivity contribution in [2.45, 2.75) is 11.4 Å². The zero-order valence-corrected chi connectivity index (χ0v) is 11.6. The highest BCUT2D eigenvalue weighted by Gasteiger charge is 2.12. The van der Waals surface area contributed by atoms with E-state index in [4.69, 9.17) is 5.14 Å². The molecule has 18 heavy (non-hydrogen) atoms. The lowest BCUT2D eigenvalue weighted by Gasteiger charge is -2.12. The van der Waals surface area contributed by atoms with Gasteiger partial charge < -0.3 is 0 Å². The minimum absolute atomic E-state index is 0.0123. The molecule has 0 amide bonds. The van der Waals surface area contributed by atoms with Crippen LogP contribution in [-0.4, -0.2) is 35.2 Å². The lowest BCUT2D eigenvalue weighted by atomic mass is 10.2. The van der Waals surface area contributed by atoms with Gasteiger partial charge in [0.2, 0.25) is 10.0 Å². The predicted octanol–water partition coefficient (Wildman–Crippen LogP) is -0.770. The van der Waals surface area contributed by atoms with E-state index in [-0.39, 0.29) is 11.4 Å². The summed E-state index contributed by atoms with van der Waals surface area (Å²) in [5.74, 6) is 0. The van der Waals surface area contributed by atoms with Crippen LogP contribution in [0.3, 0.4) is 0 Å². The Balaban J connectivity index is 2.78. The van der Waals surface area contributed by atoms with Gasteiger partial charge in [0.25, 0.3) is 10.2 Å². The number of sulfonamides is 1. The van der Waals surface area contributed by atoms with Crippen LogP contribution in [0, 0.1) is 0 Å². The standard InChI is InChI=1S/C9H15N3O4S2/c1-12(2)18(15,16)11-7-8-3-5-9(6-4-8)17(10,13)14/h3-6,11H,7H2,1-2H3,(H2,10,13,14). The number of hydrogen-bond donors (Lipinski definition) is 2. The van der Waals surface area contributed by atoms with Crippen molar-refractivity contribution in [3.05, 3.63) is 29.8 Å². The Kier molecular flexibility index (Phi) is 4.46. The first-order valence-corrected chi connectivity index (χ1v) is 7.90. The quantitative estimate of drug-likeness (QED) is 0.742. The van der Waals surface area contributed by atoms with E-state index in [2.05, 4.69) is 4.72 Å². The Bertz CT molecular complexity index is 606. The maximum absolute atomic E-state index is 11.4. The molecule has 1 rings (SSSR count). The van der Waals surface area contributed by atoms with Crippen LogP contribution in [0.5, 0.6) is 0 Å². The minimum atomic E-state index is -3.72. The molecule has 0 aliphatic rings. The molecule has 0 bridgehead atoms. The number of primary sulfonamides is 1. The van der Waals surface area contributed by atoms with Gasteiger partial charge in [-0.25, -0.2) is 13.6 Å². The van der Waals surface area contributed by atoms with Crippen LogP contribution in [0.1, 0.15) is 5.56 Å². The molecule has 0 spiro atoms. The van der Waals surface area contributed by atoms with Crippen LogP contribution in [0.4, 0.5) is 0 Å². The molecule has 1 aromatic carbocycles. The molecule has 3 N–H and O–H groups in total. The van der Waals surface area contributed by atoms with Crippen LogP contribution in [-0.2, 0) is 26.8 Å². The highest BCUT2D eigenvalue weighted by Crippen LogP contribution is 2.08. The monoisotopic (exact) mass is 293 g/mol. The summed E-state index contributed by atoms with van der Waals surface area (Å²) in [6.45, 7) is 0.0748. The van der Waals surface area contributed by atoms with Crippen molar-refractivity contribution in [2.75, 3.05) is 14.1 Å². The molecule has 0 saturated heterocycles. The Morgan fingerprint density at radius 1 is 1.11 bits per heavy atom. The van der Waals surface area contributed by atoms with E-state index in [0.29, 0.717) is 5.56 Å².